The van der Waals surface area contributed by atoms with E-state index in [1.165, 1.54) is 29.0 Å². The van der Waals surface area contributed by atoms with Crippen molar-refractivity contribution in [3.05, 3.63) is 29.1 Å². The Labute approximate surface area is 153 Å². The number of piperidine rings is 1. The number of aryl methyl sites for hydroxylation is 3. The van der Waals surface area contributed by atoms with Crippen LogP contribution in [-0.4, -0.2) is 45.7 Å². The molecule has 0 bridgehead atoms. The molecule has 2 heterocycles. The molecular weight excluding hydrogens is 332 g/mol. The van der Waals surface area contributed by atoms with Crippen LogP contribution in [0.25, 0.3) is 0 Å². The van der Waals surface area contributed by atoms with Gasteiger partial charge in [-0.1, -0.05) is 6.07 Å². The van der Waals surface area contributed by atoms with Gasteiger partial charge in [-0.2, -0.15) is 0 Å². The van der Waals surface area contributed by atoms with Gasteiger partial charge in [-0.05, 0) is 56.6 Å². The maximum Gasteiger partial charge on any atom is 0.323 e. The number of carbonyl (C=O) groups is 3. The second-order valence-electron chi connectivity index (χ2n) is 7.33. The van der Waals surface area contributed by atoms with Gasteiger partial charge in [0.25, 0.3) is 0 Å². The van der Waals surface area contributed by atoms with E-state index in [4.69, 9.17) is 10.1 Å². The van der Waals surface area contributed by atoms with Crippen molar-refractivity contribution in [1.82, 2.24) is 9.88 Å². The maximum atomic E-state index is 12.4. The summed E-state index contributed by atoms with van der Waals surface area (Å²) >= 11 is 0. The fourth-order valence-corrected chi connectivity index (χ4v) is 3.90. The van der Waals surface area contributed by atoms with Gasteiger partial charge in [0, 0.05) is 36.7 Å². The van der Waals surface area contributed by atoms with Crippen LogP contribution in [0.15, 0.2) is 12.1 Å². The molecule has 1 aliphatic carbocycles. The molecule has 1 aliphatic heterocycles. The van der Waals surface area contributed by atoms with E-state index in [0.29, 0.717) is 19.4 Å². The van der Waals surface area contributed by atoms with Crippen molar-refractivity contribution < 1.29 is 19.5 Å². The smallest absolute Gasteiger partial charge is 0.323 e. The molecule has 1 amide bonds. The number of amides is 1. The summed E-state index contributed by atoms with van der Waals surface area (Å²) in [5.41, 5.74) is 3.63. The molecule has 1 unspecified atom stereocenters. The molecule has 0 radical (unpaired) electrons. The van der Waals surface area contributed by atoms with Crippen LogP contribution in [0.5, 0.6) is 0 Å². The Hall–Kier alpha value is -2.24. The lowest BCUT2D eigenvalue weighted by molar-refractivity contribution is -0.147. The number of carboxylic acids is 1. The predicted octanol–water partition coefficient (Wildman–Crippen LogP) is 2.18. The third kappa shape index (κ3) is 4.68. The van der Waals surface area contributed by atoms with Crippen LogP contribution in [0.4, 0.5) is 0 Å². The zero-order chi connectivity index (χ0) is 18.5. The summed E-state index contributed by atoms with van der Waals surface area (Å²) in [5.74, 6) is -1.38. The second kappa shape index (κ2) is 8.43. The van der Waals surface area contributed by atoms with Gasteiger partial charge in [0.1, 0.15) is 12.3 Å². The van der Waals surface area contributed by atoms with E-state index in [0.717, 1.165) is 31.4 Å². The Morgan fingerprint density at radius 2 is 2.04 bits per heavy atom. The Bertz CT molecular complexity index is 701. The van der Waals surface area contributed by atoms with Gasteiger partial charge in [-0.25, -0.2) is 0 Å². The number of ketones is 1. The van der Waals surface area contributed by atoms with Crippen molar-refractivity contribution in [3.8, 4) is 0 Å². The second-order valence-corrected chi connectivity index (χ2v) is 7.33. The Kier molecular flexibility index (Phi) is 6.01. The van der Waals surface area contributed by atoms with Gasteiger partial charge in [-0.3, -0.25) is 19.4 Å². The molecule has 1 N–H and O–H groups in total. The number of carboxylic acid groups (broad SMARTS) is 1. The van der Waals surface area contributed by atoms with Crippen LogP contribution in [0.3, 0.4) is 0 Å². The van der Waals surface area contributed by atoms with Crippen LogP contribution < -0.4 is 0 Å². The lowest BCUT2D eigenvalue weighted by Gasteiger charge is -2.29. The van der Waals surface area contributed by atoms with E-state index in [9.17, 15) is 14.4 Å². The molecule has 1 aromatic heterocycles. The summed E-state index contributed by atoms with van der Waals surface area (Å²) in [4.78, 5) is 41.2. The highest BCUT2D eigenvalue weighted by Crippen LogP contribution is 2.22. The first kappa shape index (κ1) is 18.5. The fraction of sp³-hybridized carbons (Fsp3) is 0.600. The first-order valence-electron chi connectivity index (χ1n) is 9.53. The highest BCUT2D eigenvalue weighted by Gasteiger charge is 2.30. The normalized spacial score (nSPS) is 19.9. The van der Waals surface area contributed by atoms with E-state index >= 15 is 0 Å². The van der Waals surface area contributed by atoms with Crippen LogP contribution >= 0.6 is 0 Å². The minimum absolute atomic E-state index is 0.117. The van der Waals surface area contributed by atoms with Gasteiger partial charge in [0.2, 0.25) is 5.91 Å². The standard InChI is InChI=1S/C20H26N2O4/c23-18(15-10-11-22(13-20(25)26)19(24)12-15)7-3-5-16-9-8-14-4-1-2-6-17(14)21-16/h8-9,15H,1-7,10-13H2,(H,25,26). The molecule has 3 rings (SSSR count). The Morgan fingerprint density at radius 3 is 2.81 bits per heavy atom. The van der Waals surface area contributed by atoms with Crippen LogP contribution in [0.1, 0.15) is 55.5 Å². The predicted molar refractivity (Wildman–Crippen MR) is 95.8 cm³/mol. The van der Waals surface area contributed by atoms with Gasteiger partial charge < -0.3 is 10.0 Å². The number of pyridine rings is 1. The number of hydrogen-bond donors (Lipinski definition) is 1. The summed E-state index contributed by atoms with van der Waals surface area (Å²) in [6.07, 6.45) is 7.31. The third-order valence-electron chi connectivity index (χ3n) is 5.39. The molecule has 1 saturated heterocycles. The highest BCUT2D eigenvalue weighted by molar-refractivity contribution is 5.89. The maximum absolute atomic E-state index is 12.4. The quantitative estimate of drug-likeness (QED) is 0.807. The third-order valence-corrected chi connectivity index (χ3v) is 5.39. The van der Waals surface area contributed by atoms with Crippen molar-refractivity contribution in [2.24, 2.45) is 5.92 Å². The molecule has 6 heteroatoms. The Balaban J connectivity index is 1.44. The van der Waals surface area contributed by atoms with Gasteiger partial charge >= 0.3 is 5.97 Å². The number of carbonyl (C=O) groups excluding carboxylic acids is 2. The lowest BCUT2D eigenvalue weighted by Crippen LogP contribution is -2.43. The molecule has 1 fully saturated rings. The molecule has 0 spiro atoms. The average molecular weight is 358 g/mol. The number of likely N-dealkylation sites (tertiary alicyclic amines) is 1. The largest absolute Gasteiger partial charge is 0.480 e. The van der Waals surface area contributed by atoms with E-state index < -0.39 is 5.97 Å². The lowest BCUT2D eigenvalue weighted by atomic mass is 9.89. The topological polar surface area (TPSA) is 87.6 Å². The summed E-state index contributed by atoms with van der Waals surface area (Å²) < 4.78 is 0. The number of Topliss-reactive ketones (excluding diaryl/α,β-unsaturated/α-hetero) is 1. The van der Waals surface area contributed by atoms with E-state index in [1.807, 2.05) is 0 Å². The fourth-order valence-electron chi connectivity index (χ4n) is 3.90. The minimum Gasteiger partial charge on any atom is -0.480 e. The van der Waals surface area contributed by atoms with Gasteiger partial charge in [0.15, 0.2) is 0 Å². The number of aliphatic carboxylic acids is 1. The van der Waals surface area contributed by atoms with Crippen LogP contribution in [0, 0.1) is 5.92 Å². The van der Waals surface area contributed by atoms with Gasteiger partial charge in [0.05, 0.1) is 0 Å². The number of aromatic nitrogens is 1. The zero-order valence-electron chi connectivity index (χ0n) is 15.1. The van der Waals surface area contributed by atoms with Crippen LogP contribution in [0.2, 0.25) is 0 Å². The molecule has 1 atom stereocenters. The number of nitrogens with zero attached hydrogens (tertiary/aromatic N) is 2. The van der Waals surface area contributed by atoms with Crippen molar-refractivity contribution in [1.29, 1.82) is 0 Å². The first-order chi connectivity index (χ1) is 12.5. The molecular formula is C20H26N2O4. The average Bonchev–Trinajstić information content (AvgIpc) is 2.63. The van der Waals surface area contributed by atoms with Crippen molar-refractivity contribution in [3.63, 3.8) is 0 Å². The van der Waals surface area contributed by atoms with Crippen molar-refractivity contribution >= 4 is 17.7 Å². The molecule has 6 nitrogen and oxygen atoms in total. The van der Waals surface area contributed by atoms with Gasteiger partial charge in [-0.15, -0.1) is 0 Å². The number of fused-ring (bicyclic) bond motifs is 1. The molecule has 26 heavy (non-hydrogen) atoms. The van der Waals surface area contributed by atoms with Crippen molar-refractivity contribution in [2.75, 3.05) is 13.1 Å². The van der Waals surface area contributed by atoms with E-state index in [2.05, 4.69) is 12.1 Å². The SMILES string of the molecule is O=C(O)CN1CCC(C(=O)CCCc2ccc3c(n2)CCCC3)CC1=O. The van der Waals surface area contributed by atoms with E-state index in [1.54, 1.807) is 0 Å². The molecule has 140 valence electrons. The molecule has 1 aromatic rings. The molecule has 2 aliphatic rings. The van der Waals surface area contributed by atoms with Crippen molar-refractivity contribution in [2.45, 2.75) is 57.8 Å². The highest BCUT2D eigenvalue weighted by atomic mass is 16.4. The molecule has 0 aromatic carbocycles. The summed E-state index contributed by atoms with van der Waals surface area (Å²) in [5, 5.41) is 8.79. The minimum atomic E-state index is -1.01. The summed E-state index contributed by atoms with van der Waals surface area (Å²) in [6.45, 7) is 0.0810. The van der Waals surface area contributed by atoms with E-state index in [-0.39, 0.29) is 30.6 Å². The monoisotopic (exact) mass is 358 g/mol. The number of hydrogen-bond acceptors (Lipinski definition) is 4. The summed E-state index contributed by atoms with van der Waals surface area (Å²) in [7, 11) is 0. The first-order valence-corrected chi connectivity index (χ1v) is 9.53. The Morgan fingerprint density at radius 1 is 1.23 bits per heavy atom. The zero-order valence-corrected chi connectivity index (χ0v) is 15.1. The summed E-state index contributed by atoms with van der Waals surface area (Å²) in [6, 6.07) is 4.25. The van der Waals surface area contributed by atoms with Crippen LogP contribution in [-0.2, 0) is 33.6 Å². The molecule has 0 saturated carbocycles. The number of rotatable bonds is 7.